The van der Waals surface area contributed by atoms with Crippen LogP contribution in [0.15, 0.2) is 42.5 Å². The highest BCUT2D eigenvalue weighted by molar-refractivity contribution is 6.30. The monoisotopic (exact) mass is 605 g/mol. The number of alkyl carbamates (subject to hydrolysis) is 1. The van der Waals surface area contributed by atoms with Crippen molar-refractivity contribution in [1.82, 2.24) is 16.0 Å². The van der Waals surface area contributed by atoms with E-state index in [9.17, 15) is 9.59 Å². The summed E-state index contributed by atoms with van der Waals surface area (Å²) in [6.07, 6.45) is 2.71. The Hall–Kier alpha value is -2.89. The first-order valence-electron chi connectivity index (χ1n) is 14.4. The molecule has 0 aromatic heterocycles. The number of methoxy groups -OCH3 is 2. The molecule has 1 aliphatic rings. The number of hydrogen-bond donors (Lipinski definition) is 3. The van der Waals surface area contributed by atoms with Gasteiger partial charge in [0.25, 0.3) is 5.91 Å². The zero-order chi connectivity index (χ0) is 30.2. The molecule has 2 amide bonds. The highest BCUT2D eigenvalue weighted by Gasteiger charge is 2.22. The van der Waals surface area contributed by atoms with Crippen LogP contribution in [0.4, 0.5) is 4.79 Å². The van der Waals surface area contributed by atoms with Crippen molar-refractivity contribution in [2.45, 2.75) is 37.8 Å². The molecule has 0 spiro atoms. The van der Waals surface area contributed by atoms with Gasteiger partial charge in [0.05, 0.1) is 20.3 Å². The molecule has 0 radical (unpaired) electrons. The second-order valence-corrected chi connectivity index (χ2v) is 10.7. The van der Waals surface area contributed by atoms with Crippen LogP contribution >= 0.6 is 11.6 Å². The SMILES string of the molecule is CNC(CNC(=O)c1cc(OCCCOC)cc(C(OCCNC(=O)OC)c2cccc(Cl)c2)c1)C[C@H]1CCCOC1. The second-order valence-electron chi connectivity index (χ2n) is 10.2. The van der Waals surface area contributed by atoms with Crippen molar-refractivity contribution in [3.63, 3.8) is 0 Å². The Kier molecular flexibility index (Phi) is 14.9. The van der Waals surface area contributed by atoms with E-state index in [1.807, 2.05) is 31.3 Å². The number of benzene rings is 2. The molecule has 11 heteroatoms. The van der Waals surface area contributed by atoms with Gasteiger partial charge < -0.3 is 39.6 Å². The topological polar surface area (TPSA) is 116 Å². The largest absolute Gasteiger partial charge is 0.493 e. The van der Waals surface area contributed by atoms with Gasteiger partial charge in [-0.3, -0.25) is 4.79 Å². The standard InChI is InChI=1S/C31H44ClN3O7/c1-33-27(15-22-7-5-12-40-21-22)20-35-30(36)25-16-24(18-28(19-25)41-13-6-11-38-2)29(23-8-4-9-26(32)17-23)42-14-10-34-31(37)39-3/h4,8-9,16-19,22,27,29,33H,5-7,10-15,20-21H2,1-3H3,(H,34,37)(H,35,36)/t22-,27?,29?/m1/s1. The fourth-order valence-corrected chi connectivity index (χ4v) is 5.05. The zero-order valence-corrected chi connectivity index (χ0v) is 25.5. The maximum absolute atomic E-state index is 13.5. The van der Waals surface area contributed by atoms with E-state index >= 15 is 0 Å². The molecule has 2 aromatic rings. The van der Waals surface area contributed by atoms with Crippen LogP contribution in [0.3, 0.4) is 0 Å². The van der Waals surface area contributed by atoms with Gasteiger partial charge in [0.15, 0.2) is 0 Å². The molecule has 1 saturated heterocycles. The van der Waals surface area contributed by atoms with Gasteiger partial charge >= 0.3 is 6.09 Å². The Balaban J connectivity index is 1.82. The average Bonchev–Trinajstić information content (AvgIpc) is 3.01. The minimum atomic E-state index is -0.575. The minimum Gasteiger partial charge on any atom is -0.493 e. The van der Waals surface area contributed by atoms with Crippen molar-refractivity contribution in [2.75, 3.05) is 67.4 Å². The third-order valence-electron chi connectivity index (χ3n) is 7.04. The summed E-state index contributed by atoms with van der Waals surface area (Å²) in [4.78, 5) is 25.0. The van der Waals surface area contributed by atoms with Gasteiger partial charge in [0.2, 0.25) is 0 Å². The highest BCUT2D eigenvalue weighted by atomic mass is 35.5. The van der Waals surface area contributed by atoms with E-state index in [0.29, 0.717) is 54.0 Å². The molecule has 2 unspecified atom stereocenters. The molecule has 3 atom stereocenters. The maximum atomic E-state index is 13.5. The van der Waals surface area contributed by atoms with Gasteiger partial charge in [0, 0.05) is 63.1 Å². The van der Waals surface area contributed by atoms with E-state index < -0.39 is 12.2 Å². The number of nitrogens with one attached hydrogen (secondary N) is 3. The van der Waals surface area contributed by atoms with Gasteiger partial charge in [-0.25, -0.2) is 4.79 Å². The normalized spacial score (nSPS) is 16.3. The predicted octanol–water partition coefficient (Wildman–Crippen LogP) is 4.35. The van der Waals surface area contributed by atoms with E-state index in [2.05, 4.69) is 20.7 Å². The first kappa shape index (κ1) is 33.6. The van der Waals surface area contributed by atoms with Crippen LogP contribution in [0.5, 0.6) is 5.75 Å². The van der Waals surface area contributed by atoms with Crippen LogP contribution in [0, 0.1) is 5.92 Å². The van der Waals surface area contributed by atoms with E-state index in [-0.39, 0.29) is 25.1 Å². The molecule has 1 fully saturated rings. The van der Waals surface area contributed by atoms with E-state index in [1.165, 1.54) is 7.11 Å². The number of ether oxygens (including phenoxy) is 5. The summed E-state index contributed by atoms with van der Waals surface area (Å²) in [6, 6.07) is 12.9. The molecule has 2 aromatic carbocycles. The predicted molar refractivity (Wildman–Crippen MR) is 161 cm³/mol. The smallest absolute Gasteiger partial charge is 0.406 e. The number of rotatable bonds is 17. The minimum absolute atomic E-state index is 0.124. The Morgan fingerprint density at radius 2 is 1.93 bits per heavy atom. The van der Waals surface area contributed by atoms with Crippen molar-refractivity contribution < 1.29 is 33.3 Å². The summed E-state index contributed by atoms with van der Waals surface area (Å²) in [6.45, 7) is 3.49. The first-order chi connectivity index (χ1) is 20.4. The summed E-state index contributed by atoms with van der Waals surface area (Å²) in [7, 11) is 4.86. The lowest BCUT2D eigenvalue weighted by Gasteiger charge is -2.26. The molecular weight excluding hydrogens is 562 g/mol. The third-order valence-corrected chi connectivity index (χ3v) is 7.27. The zero-order valence-electron chi connectivity index (χ0n) is 24.8. The van der Waals surface area contributed by atoms with E-state index in [4.69, 9.17) is 30.5 Å². The molecule has 3 N–H and O–H groups in total. The molecule has 232 valence electrons. The Morgan fingerprint density at radius 3 is 2.64 bits per heavy atom. The summed E-state index contributed by atoms with van der Waals surface area (Å²) >= 11 is 6.32. The Morgan fingerprint density at radius 1 is 1.07 bits per heavy atom. The van der Waals surface area contributed by atoms with Crippen molar-refractivity contribution in [1.29, 1.82) is 0 Å². The molecule has 10 nitrogen and oxygen atoms in total. The molecule has 1 aliphatic heterocycles. The Bertz CT molecular complexity index is 1110. The summed E-state index contributed by atoms with van der Waals surface area (Å²) in [5.74, 6) is 0.810. The number of amides is 2. The van der Waals surface area contributed by atoms with Gasteiger partial charge in [0.1, 0.15) is 11.9 Å². The third kappa shape index (κ3) is 11.4. The van der Waals surface area contributed by atoms with E-state index in [1.54, 1.807) is 25.3 Å². The first-order valence-corrected chi connectivity index (χ1v) is 14.8. The fourth-order valence-electron chi connectivity index (χ4n) is 4.85. The van der Waals surface area contributed by atoms with Gasteiger partial charge in [-0.1, -0.05) is 23.7 Å². The lowest BCUT2D eigenvalue weighted by Crippen LogP contribution is -2.41. The number of halogens is 1. The van der Waals surface area contributed by atoms with Crippen LogP contribution in [0.1, 0.15) is 53.3 Å². The molecule has 3 rings (SSSR count). The summed E-state index contributed by atoms with van der Waals surface area (Å²) in [5, 5.41) is 9.59. The van der Waals surface area contributed by atoms with Crippen LogP contribution in [-0.4, -0.2) is 85.4 Å². The lowest BCUT2D eigenvalue weighted by atomic mass is 9.94. The number of hydrogen-bond acceptors (Lipinski definition) is 8. The van der Waals surface area contributed by atoms with E-state index in [0.717, 1.165) is 38.0 Å². The average molecular weight is 606 g/mol. The van der Waals surface area contributed by atoms with Crippen molar-refractivity contribution in [3.05, 3.63) is 64.2 Å². The summed E-state index contributed by atoms with van der Waals surface area (Å²) in [5.41, 5.74) is 1.97. The van der Waals surface area contributed by atoms with Gasteiger partial charge in [-0.15, -0.1) is 0 Å². The molecule has 0 saturated carbocycles. The molecule has 1 heterocycles. The number of carbonyl (C=O) groups is 2. The van der Waals surface area contributed by atoms with Crippen LogP contribution < -0.4 is 20.7 Å². The molecule has 42 heavy (non-hydrogen) atoms. The molecule has 0 bridgehead atoms. The fraction of sp³-hybridized carbons (Fsp3) is 0.548. The highest BCUT2D eigenvalue weighted by Crippen LogP contribution is 2.31. The number of likely N-dealkylation sites (N-methyl/N-ethyl adjacent to an activating group) is 1. The van der Waals surface area contributed by atoms with Crippen LogP contribution in [-0.2, 0) is 18.9 Å². The summed E-state index contributed by atoms with van der Waals surface area (Å²) < 4.78 is 27.7. The van der Waals surface area contributed by atoms with Gasteiger partial charge in [-0.05, 0) is 73.7 Å². The Labute approximate surface area is 253 Å². The van der Waals surface area contributed by atoms with Crippen LogP contribution in [0.2, 0.25) is 5.02 Å². The quantitative estimate of drug-likeness (QED) is 0.228. The molecular formula is C31H44ClN3O7. The van der Waals surface area contributed by atoms with Crippen molar-refractivity contribution in [2.24, 2.45) is 5.92 Å². The van der Waals surface area contributed by atoms with Crippen LogP contribution in [0.25, 0.3) is 0 Å². The maximum Gasteiger partial charge on any atom is 0.406 e. The van der Waals surface area contributed by atoms with Crippen molar-refractivity contribution in [3.8, 4) is 5.75 Å². The number of carbonyl (C=O) groups excluding carboxylic acids is 2. The van der Waals surface area contributed by atoms with Gasteiger partial charge in [-0.2, -0.15) is 0 Å². The van der Waals surface area contributed by atoms with Crippen molar-refractivity contribution >= 4 is 23.6 Å². The lowest BCUT2D eigenvalue weighted by molar-refractivity contribution is 0.0478. The second kappa shape index (κ2) is 18.6. The molecule has 0 aliphatic carbocycles.